The summed E-state index contributed by atoms with van der Waals surface area (Å²) in [4.78, 5) is 14.2. The van der Waals surface area contributed by atoms with Crippen LogP contribution in [0.25, 0.3) is 5.53 Å². The van der Waals surface area contributed by atoms with Crippen molar-refractivity contribution in [1.29, 1.82) is 0 Å². The number of benzene rings is 1. The lowest BCUT2D eigenvalue weighted by molar-refractivity contribution is -0.116. The maximum Gasteiger partial charge on any atom is 0.287 e. The lowest BCUT2D eigenvalue weighted by Gasteiger charge is -2.03. The number of anilines is 1. The van der Waals surface area contributed by atoms with E-state index in [9.17, 15) is 4.79 Å². The Morgan fingerprint density at radius 3 is 2.75 bits per heavy atom. The fraction of sp³-hybridized carbons (Fsp3) is 0.167. The minimum absolute atomic E-state index is 0.110. The normalized spacial score (nSPS) is 8.69. The average molecular weight is 213 g/mol. The van der Waals surface area contributed by atoms with Crippen LogP contribution in [0.1, 0.15) is 18.4 Å². The lowest BCUT2D eigenvalue weighted by atomic mass is 10.2. The predicted octanol–water partition coefficient (Wildman–Crippen LogP) is 1.69. The molecule has 0 aliphatic carbocycles. The first-order valence-corrected chi connectivity index (χ1v) is 4.77. The maximum atomic E-state index is 11.3. The number of hydrogen-bond acceptors (Lipinski definition) is 1. The van der Waals surface area contributed by atoms with Crippen LogP contribution in [-0.2, 0) is 4.79 Å². The van der Waals surface area contributed by atoms with E-state index in [2.05, 4.69) is 16.0 Å². The van der Waals surface area contributed by atoms with Crippen molar-refractivity contribution in [2.45, 2.75) is 12.8 Å². The summed E-state index contributed by atoms with van der Waals surface area (Å²) in [6.07, 6.45) is 7.11. The maximum absolute atomic E-state index is 11.3. The Morgan fingerprint density at radius 1 is 1.50 bits per heavy atom. The summed E-state index contributed by atoms with van der Waals surface area (Å²) in [6.45, 7) is 0. The van der Waals surface area contributed by atoms with E-state index in [1.54, 1.807) is 24.3 Å². The van der Waals surface area contributed by atoms with Crippen molar-refractivity contribution < 1.29 is 9.58 Å². The smallest absolute Gasteiger partial charge is 0.287 e. The van der Waals surface area contributed by atoms with Gasteiger partial charge in [-0.15, -0.1) is 12.3 Å². The Kier molecular flexibility index (Phi) is 4.52. The van der Waals surface area contributed by atoms with Gasteiger partial charge in [0.05, 0.1) is 5.56 Å². The first-order valence-electron chi connectivity index (χ1n) is 4.77. The van der Waals surface area contributed by atoms with Gasteiger partial charge in [0.2, 0.25) is 5.91 Å². The summed E-state index contributed by atoms with van der Waals surface area (Å²) >= 11 is 0. The third kappa shape index (κ3) is 3.79. The molecule has 0 atom stereocenters. The van der Waals surface area contributed by atoms with E-state index in [-0.39, 0.29) is 5.91 Å². The molecule has 4 heteroatoms. The number of hydrogen-bond donors (Lipinski definition) is 1. The van der Waals surface area contributed by atoms with Gasteiger partial charge in [-0.2, -0.15) is 4.79 Å². The predicted molar refractivity (Wildman–Crippen MR) is 61.9 cm³/mol. The Bertz CT molecular complexity index is 450. The zero-order chi connectivity index (χ0) is 11.8. The van der Waals surface area contributed by atoms with Gasteiger partial charge in [-0.05, 0) is 24.3 Å². The molecule has 0 spiro atoms. The highest BCUT2D eigenvalue weighted by Gasteiger charge is 2.01. The summed E-state index contributed by atoms with van der Waals surface area (Å²) in [5.41, 5.74) is 9.76. The molecule has 16 heavy (non-hydrogen) atoms. The summed E-state index contributed by atoms with van der Waals surface area (Å²) in [5, 5.41) is 2.70. The minimum Gasteiger partial charge on any atom is -0.361 e. The molecule has 0 heterocycles. The van der Waals surface area contributed by atoms with Crippen molar-refractivity contribution in [3.63, 3.8) is 0 Å². The van der Waals surface area contributed by atoms with Gasteiger partial charge in [0.1, 0.15) is 0 Å². The van der Waals surface area contributed by atoms with Crippen LogP contribution in [0.15, 0.2) is 24.3 Å². The van der Waals surface area contributed by atoms with Gasteiger partial charge in [0.15, 0.2) is 0 Å². The molecule has 0 aromatic heterocycles. The van der Waals surface area contributed by atoms with Gasteiger partial charge in [0.25, 0.3) is 6.21 Å². The molecule has 0 bridgehead atoms. The number of terminal acetylenes is 1. The Morgan fingerprint density at radius 2 is 2.19 bits per heavy atom. The van der Waals surface area contributed by atoms with Crippen LogP contribution in [0.4, 0.5) is 5.69 Å². The standard InChI is InChI=1S/C12H11N3O/c1-2-3-4-12(16)15-11-7-5-10(6-8-11)9-14-13/h1,5-9H,3-4H2,(H,15,16). The van der Waals surface area contributed by atoms with E-state index in [1.165, 1.54) is 6.21 Å². The minimum atomic E-state index is -0.110. The van der Waals surface area contributed by atoms with Crippen molar-refractivity contribution in [3.05, 3.63) is 35.4 Å². The van der Waals surface area contributed by atoms with E-state index in [0.29, 0.717) is 18.5 Å². The second-order valence-electron chi connectivity index (χ2n) is 3.12. The van der Waals surface area contributed by atoms with Gasteiger partial charge >= 0.3 is 0 Å². The molecule has 4 nitrogen and oxygen atoms in total. The molecule has 0 saturated carbocycles. The molecule has 1 amide bonds. The zero-order valence-electron chi connectivity index (χ0n) is 8.68. The first kappa shape index (κ1) is 11.7. The largest absolute Gasteiger partial charge is 0.361 e. The molecule has 0 saturated heterocycles. The van der Waals surface area contributed by atoms with E-state index in [4.69, 9.17) is 12.0 Å². The highest BCUT2D eigenvalue weighted by Crippen LogP contribution is 2.08. The molecular weight excluding hydrogens is 202 g/mol. The molecule has 80 valence electrons. The van der Waals surface area contributed by atoms with Crippen LogP contribution in [-0.4, -0.2) is 16.9 Å². The van der Waals surface area contributed by atoms with Crippen LogP contribution in [0.3, 0.4) is 0 Å². The summed E-state index contributed by atoms with van der Waals surface area (Å²) in [5.74, 6) is 2.29. The van der Waals surface area contributed by atoms with Crippen molar-refractivity contribution in [2.75, 3.05) is 5.32 Å². The Labute approximate surface area is 93.9 Å². The van der Waals surface area contributed by atoms with E-state index < -0.39 is 0 Å². The van der Waals surface area contributed by atoms with Gasteiger partial charge in [-0.1, -0.05) is 0 Å². The molecule has 0 aliphatic heterocycles. The average Bonchev–Trinajstić information content (AvgIpc) is 2.29. The molecular formula is C12H11N3O. The molecule has 0 unspecified atom stereocenters. The number of nitrogens with zero attached hydrogens (tertiary/aromatic N) is 2. The third-order valence-electron chi connectivity index (χ3n) is 1.90. The number of carbonyl (C=O) groups is 1. The quantitative estimate of drug-likeness (QED) is 0.351. The number of rotatable bonds is 4. The molecule has 0 aliphatic rings. The summed E-state index contributed by atoms with van der Waals surface area (Å²) in [7, 11) is 0. The van der Waals surface area contributed by atoms with Crippen molar-refractivity contribution >= 4 is 17.8 Å². The SMILES string of the molecule is C#CCCC(=O)Nc1ccc(C=[N+]=[N-])cc1. The topological polar surface area (TPSA) is 65.5 Å². The van der Waals surface area contributed by atoms with Gasteiger partial charge in [-0.3, -0.25) is 4.79 Å². The number of amides is 1. The Balaban J connectivity index is 2.58. The van der Waals surface area contributed by atoms with Crippen LogP contribution in [0.2, 0.25) is 0 Å². The fourth-order valence-electron chi connectivity index (χ4n) is 1.13. The zero-order valence-corrected chi connectivity index (χ0v) is 8.68. The molecule has 1 aromatic rings. The molecule has 1 N–H and O–H groups in total. The lowest BCUT2D eigenvalue weighted by Crippen LogP contribution is -2.10. The number of carbonyl (C=O) groups excluding carboxylic acids is 1. The van der Waals surface area contributed by atoms with Crippen LogP contribution in [0, 0.1) is 12.3 Å². The third-order valence-corrected chi connectivity index (χ3v) is 1.90. The monoisotopic (exact) mass is 213 g/mol. The molecule has 0 radical (unpaired) electrons. The van der Waals surface area contributed by atoms with Crippen LogP contribution < -0.4 is 5.32 Å². The van der Waals surface area contributed by atoms with E-state index in [0.717, 1.165) is 5.56 Å². The first-order chi connectivity index (χ1) is 7.76. The van der Waals surface area contributed by atoms with E-state index >= 15 is 0 Å². The fourth-order valence-corrected chi connectivity index (χ4v) is 1.13. The number of nitrogens with one attached hydrogen (secondary N) is 1. The second kappa shape index (κ2) is 6.18. The summed E-state index contributed by atoms with van der Waals surface area (Å²) < 4.78 is 0. The van der Waals surface area contributed by atoms with Crippen LogP contribution in [0.5, 0.6) is 0 Å². The molecule has 0 fully saturated rings. The van der Waals surface area contributed by atoms with Crippen molar-refractivity contribution in [3.8, 4) is 12.3 Å². The van der Waals surface area contributed by atoms with Gasteiger partial charge < -0.3 is 10.8 Å². The van der Waals surface area contributed by atoms with Gasteiger partial charge in [0, 0.05) is 18.5 Å². The van der Waals surface area contributed by atoms with Crippen molar-refractivity contribution in [1.82, 2.24) is 0 Å². The van der Waals surface area contributed by atoms with Crippen LogP contribution >= 0.6 is 0 Å². The Hall–Kier alpha value is -2.37. The molecule has 1 aromatic carbocycles. The second-order valence-corrected chi connectivity index (χ2v) is 3.12. The van der Waals surface area contributed by atoms with Crippen molar-refractivity contribution in [2.24, 2.45) is 0 Å². The van der Waals surface area contributed by atoms with Gasteiger partial charge in [-0.25, -0.2) is 0 Å². The summed E-state index contributed by atoms with van der Waals surface area (Å²) in [6, 6.07) is 6.92. The highest BCUT2D eigenvalue weighted by atomic mass is 16.1. The highest BCUT2D eigenvalue weighted by molar-refractivity contribution is 5.91. The molecule has 1 rings (SSSR count). The van der Waals surface area contributed by atoms with E-state index in [1.807, 2.05) is 0 Å².